The lowest BCUT2D eigenvalue weighted by Crippen LogP contribution is -2.38. The molecule has 140 valence electrons. The van der Waals surface area contributed by atoms with E-state index in [0.29, 0.717) is 6.54 Å². The Labute approximate surface area is 160 Å². The first kappa shape index (κ1) is 18.9. The molecule has 0 bridgehead atoms. The van der Waals surface area contributed by atoms with Crippen molar-refractivity contribution in [2.75, 3.05) is 19.6 Å². The molecule has 0 unspecified atom stereocenters. The molecule has 0 radical (unpaired) electrons. The average Bonchev–Trinajstić information content (AvgIpc) is 3.25. The topological polar surface area (TPSA) is 61.0 Å². The molecule has 2 N–H and O–H groups in total. The molecule has 1 amide bonds. The van der Waals surface area contributed by atoms with E-state index in [0.717, 1.165) is 40.6 Å². The van der Waals surface area contributed by atoms with Gasteiger partial charge < -0.3 is 5.32 Å². The van der Waals surface area contributed by atoms with Crippen molar-refractivity contribution in [2.45, 2.75) is 45.6 Å². The van der Waals surface area contributed by atoms with Gasteiger partial charge in [-0.15, -0.1) is 0 Å². The number of likely N-dealkylation sites (tertiary alicyclic amines) is 1. The van der Waals surface area contributed by atoms with Crippen LogP contribution in [0.1, 0.15) is 54.2 Å². The Morgan fingerprint density at radius 2 is 2.08 bits per heavy atom. The molecule has 3 rings (SSSR count). The minimum atomic E-state index is -0.229. The standard InChI is InChI=1S/C20H27ClN4O/c1-13(19-14(2)23-24-15(19)3)20(26)22-12-18(25-9-4-5-10-25)16-7-6-8-17(21)11-16/h6-8,11,13,18H,4-5,9-10,12H2,1-3H3,(H,22,26)(H,23,24)/t13-,18+/m1/s1. The third kappa shape index (κ3) is 4.10. The molecule has 1 aliphatic heterocycles. The maximum atomic E-state index is 12.8. The highest BCUT2D eigenvalue weighted by Gasteiger charge is 2.26. The molecule has 1 aliphatic rings. The fourth-order valence-corrected chi connectivity index (χ4v) is 4.10. The highest BCUT2D eigenvalue weighted by molar-refractivity contribution is 6.30. The fraction of sp³-hybridized carbons (Fsp3) is 0.500. The van der Waals surface area contributed by atoms with E-state index in [2.05, 4.69) is 26.5 Å². The van der Waals surface area contributed by atoms with Crippen molar-refractivity contribution in [1.82, 2.24) is 20.4 Å². The summed E-state index contributed by atoms with van der Waals surface area (Å²) in [6, 6.07) is 8.11. The Kier molecular flexibility index (Phi) is 5.99. The minimum Gasteiger partial charge on any atom is -0.354 e. The molecular formula is C20H27ClN4O. The van der Waals surface area contributed by atoms with E-state index in [9.17, 15) is 4.79 Å². The summed E-state index contributed by atoms with van der Waals surface area (Å²) in [5.41, 5.74) is 3.98. The summed E-state index contributed by atoms with van der Waals surface area (Å²) in [5.74, 6) is -0.198. The summed E-state index contributed by atoms with van der Waals surface area (Å²) in [4.78, 5) is 15.2. The number of benzene rings is 1. The van der Waals surface area contributed by atoms with Gasteiger partial charge in [-0.05, 0) is 64.4 Å². The van der Waals surface area contributed by atoms with E-state index in [1.54, 1.807) is 0 Å². The number of nitrogens with one attached hydrogen (secondary N) is 2. The van der Waals surface area contributed by atoms with Gasteiger partial charge >= 0.3 is 0 Å². The van der Waals surface area contributed by atoms with Crippen LogP contribution < -0.4 is 5.32 Å². The van der Waals surface area contributed by atoms with Gasteiger partial charge in [-0.25, -0.2) is 0 Å². The van der Waals surface area contributed by atoms with Crippen molar-refractivity contribution in [3.8, 4) is 0 Å². The van der Waals surface area contributed by atoms with Gasteiger partial charge in [0.05, 0.1) is 17.7 Å². The molecule has 2 atom stereocenters. The lowest BCUT2D eigenvalue weighted by molar-refractivity contribution is -0.122. The quantitative estimate of drug-likeness (QED) is 0.809. The zero-order valence-corrected chi connectivity index (χ0v) is 16.4. The molecule has 0 aliphatic carbocycles. The van der Waals surface area contributed by atoms with Crippen LogP contribution in [0.3, 0.4) is 0 Å². The fourth-order valence-electron chi connectivity index (χ4n) is 3.90. The summed E-state index contributed by atoms with van der Waals surface area (Å²) >= 11 is 6.19. The molecule has 1 fully saturated rings. The van der Waals surface area contributed by atoms with Crippen molar-refractivity contribution < 1.29 is 4.79 Å². The van der Waals surface area contributed by atoms with Gasteiger partial charge in [0.15, 0.2) is 0 Å². The summed E-state index contributed by atoms with van der Waals surface area (Å²) < 4.78 is 0. The molecule has 5 nitrogen and oxygen atoms in total. The Balaban J connectivity index is 1.72. The number of aromatic nitrogens is 2. The maximum absolute atomic E-state index is 12.8. The van der Waals surface area contributed by atoms with Gasteiger partial charge in [0.25, 0.3) is 0 Å². The van der Waals surface area contributed by atoms with Crippen LogP contribution in [0.2, 0.25) is 5.02 Å². The number of nitrogens with zero attached hydrogens (tertiary/aromatic N) is 2. The number of halogens is 1. The van der Waals surface area contributed by atoms with Crippen LogP contribution in [-0.4, -0.2) is 40.6 Å². The van der Waals surface area contributed by atoms with Crippen molar-refractivity contribution in [3.05, 3.63) is 51.8 Å². The zero-order valence-electron chi connectivity index (χ0n) is 15.7. The van der Waals surface area contributed by atoms with Crippen molar-refractivity contribution >= 4 is 17.5 Å². The first-order valence-corrected chi connectivity index (χ1v) is 9.64. The van der Waals surface area contributed by atoms with E-state index in [-0.39, 0.29) is 17.9 Å². The summed E-state index contributed by atoms with van der Waals surface area (Å²) in [5, 5.41) is 11.1. The van der Waals surface area contributed by atoms with Crippen LogP contribution >= 0.6 is 11.6 Å². The zero-order chi connectivity index (χ0) is 18.7. The SMILES string of the molecule is Cc1n[nH]c(C)c1[C@@H](C)C(=O)NC[C@@H](c1cccc(Cl)c1)N1CCCC1. The number of carbonyl (C=O) groups excluding carboxylic acids is 1. The minimum absolute atomic E-state index is 0.0313. The Morgan fingerprint density at radius 1 is 1.35 bits per heavy atom. The second-order valence-electron chi connectivity index (χ2n) is 7.13. The second kappa shape index (κ2) is 8.23. The van der Waals surface area contributed by atoms with Crippen molar-refractivity contribution in [3.63, 3.8) is 0 Å². The second-order valence-corrected chi connectivity index (χ2v) is 7.56. The third-order valence-electron chi connectivity index (χ3n) is 5.30. The van der Waals surface area contributed by atoms with E-state index >= 15 is 0 Å². The highest BCUT2D eigenvalue weighted by atomic mass is 35.5. The largest absolute Gasteiger partial charge is 0.354 e. The van der Waals surface area contributed by atoms with E-state index < -0.39 is 0 Å². The normalized spacial score (nSPS) is 17.2. The first-order chi connectivity index (χ1) is 12.5. The molecule has 1 aromatic heterocycles. The number of H-pyrrole nitrogens is 1. The number of hydrogen-bond acceptors (Lipinski definition) is 3. The third-order valence-corrected chi connectivity index (χ3v) is 5.53. The predicted octanol–water partition coefficient (Wildman–Crippen LogP) is 3.74. The Hall–Kier alpha value is -1.85. The summed E-state index contributed by atoms with van der Waals surface area (Å²) in [6.07, 6.45) is 2.41. The molecule has 2 heterocycles. The van der Waals surface area contributed by atoms with Gasteiger partial charge in [-0.2, -0.15) is 5.10 Å². The Morgan fingerprint density at radius 3 is 2.69 bits per heavy atom. The highest BCUT2D eigenvalue weighted by Crippen LogP contribution is 2.27. The predicted molar refractivity (Wildman–Crippen MR) is 104 cm³/mol. The molecule has 1 aromatic carbocycles. The van der Waals surface area contributed by atoms with Crippen LogP contribution in [0, 0.1) is 13.8 Å². The van der Waals surface area contributed by atoms with Gasteiger partial charge in [0.2, 0.25) is 5.91 Å². The summed E-state index contributed by atoms with van der Waals surface area (Å²) in [6.45, 7) is 8.52. The van der Waals surface area contributed by atoms with Gasteiger partial charge in [0.1, 0.15) is 0 Å². The van der Waals surface area contributed by atoms with Crippen molar-refractivity contribution in [2.24, 2.45) is 0 Å². The molecule has 2 aromatic rings. The molecule has 0 saturated carbocycles. The lowest BCUT2D eigenvalue weighted by atomic mass is 9.98. The maximum Gasteiger partial charge on any atom is 0.227 e. The summed E-state index contributed by atoms with van der Waals surface area (Å²) in [7, 11) is 0. The van der Waals surface area contributed by atoms with Crippen molar-refractivity contribution in [1.29, 1.82) is 0 Å². The van der Waals surface area contributed by atoms with Crippen LogP contribution in [0.4, 0.5) is 0 Å². The molecule has 1 saturated heterocycles. The van der Waals surface area contributed by atoms with Crippen LogP contribution in [0.15, 0.2) is 24.3 Å². The lowest BCUT2D eigenvalue weighted by Gasteiger charge is -2.29. The van der Waals surface area contributed by atoms with E-state index in [1.165, 1.54) is 12.8 Å². The average molecular weight is 375 g/mol. The number of aromatic amines is 1. The molecule has 6 heteroatoms. The van der Waals surface area contributed by atoms with Crippen LogP contribution in [0.25, 0.3) is 0 Å². The van der Waals surface area contributed by atoms with E-state index in [1.807, 2.05) is 39.0 Å². The van der Waals surface area contributed by atoms with Crippen LogP contribution in [0.5, 0.6) is 0 Å². The van der Waals surface area contributed by atoms with Gasteiger partial charge in [0, 0.05) is 22.8 Å². The number of aryl methyl sites for hydroxylation is 2. The molecule has 0 spiro atoms. The van der Waals surface area contributed by atoms with Crippen LogP contribution in [-0.2, 0) is 4.79 Å². The molecule has 26 heavy (non-hydrogen) atoms. The number of carbonyl (C=O) groups is 1. The smallest absolute Gasteiger partial charge is 0.227 e. The van der Waals surface area contributed by atoms with Gasteiger partial charge in [-0.3, -0.25) is 14.8 Å². The number of hydrogen-bond donors (Lipinski definition) is 2. The van der Waals surface area contributed by atoms with Gasteiger partial charge in [-0.1, -0.05) is 23.7 Å². The first-order valence-electron chi connectivity index (χ1n) is 9.26. The van der Waals surface area contributed by atoms with E-state index in [4.69, 9.17) is 11.6 Å². The Bertz CT molecular complexity index is 747. The monoisotopic (exact) mass is 374 g/mol. The number of amides is 1. The molecular weight excluding hydrogens is 348 g/mol. The number of rotatable bonds is 6.